The molecule has 1 unspecified atom stereocenters. The molecule has 1 aliphatic heterocycles. The summed E-state index contributed by atoms with van der Waals surface area (Å²) in [5.74, 6) is 1.88. The van der Waals surface area contributed by atoms with E-state index in [9.17, 15) is 0 Å². The summed E-state index contributed by atoms with van der Waals surface area (Å²) in [4.78, 5) is 11.2. The highest BCUT2D eigenvalue weighted by molar-refractivity contribution is 5.46. The topological polar surface area (TPSA) is 64.3 Å². The molecule has 1 aromatic heterocycles. The molecule has 0 radical (unpaired) electrons. The lowest BCUT2D eigenvalue weighted by Crippen LogP contribution is -2.46. The lowest BCUT2D eigenvalue weighted by Gasteiger charge is -2.34. The maximum absolute atomic E-state index is 5.69. The Labute approximate surface area is 108 Å². The third-order valence-corrected chi connectivity index (χ3v) is 3.18. The largest absolute Gasteiger partial charge is 0.373 e. The summed E-state index contributed by atoms with van der Waals surface area (Å²) in [5, 5.41) is 0. The molecule has 2 heterocycles. The van der Waals surface area contributed by atoms with Crippen LogP contribution in [-0.2, 0) is 11.2 Å². The molecule has 2 rings (SSSR count). The van der Waals surface area contributed by atoms with Gasteiger partial charge in [-0.25, -0.2) is 9.97 Å². The van der Waals surface area contributed by atoms with E-state index in [0.717, 1.165) is 44.2 Å². The van der Waals surface area contributed by atoms with E-state index < -0.39 is 0 Å². The van der Waals surface area contributed by atoms with Crippen molar-refractivity contribution in [1.29, 1.82) is 0 Å². The summed E-state index contributed by atoms with van der Waals surface area (Å²) in [6.07, 6.45) is 4.18. The molecule has 0 bridgehead atoms. The molecule has 1 atom stereocenters. The highest BCUT2D eigenvalue weighted by Gasteiger charge is 2.22. The number of rotatable bonds is 4. The van der Waals surface area contributed by atoms with Crippen molar-refractivity contribution in [2.75, 3.05) is 31.1 Å². The van der Waals surface area contributed by atoms with Crippen LogP contribution < -0.4 is 10.6 Å². The van der Waals surface area contributed by atoms with Gasteiger partial charge in [0.2, 0.25) is 0 Å². The van der Waals surface area contributed by atoms with E-state index in [1.54, 1.807) is 0 Å². The fraction of sp³-hybridized carbons (Fsp3) is 0.692. The van der Waals surface area contributed by atoms with Gasteiger partial charge in [0, 0.05) is 31.4 Å². The van der Waals surface area contributed by atoms with Crippen LogP contribution in [0.4, 0.5) is 5.82 Å². The van der Waals surface area contributed by atoms with Crippen molar-refractivity contribution in [3.63, 3.8) is 0 Å². The Balaban J connectivity index is 2.22. The fourth-order valence-corrected chi connectivity index (χ4v) is 2.26. The van der Waals surface area contributed by atoms with E-state index in [-0.39, 0.29) is 6.10 Å². The van der Waals surface area contributed by atoms with Gasteiger partial charge in [-0.1, -0.05) is 13.3 Å². The maximum atomic E-state index is 5.69. The molecule has 100 valence electrons. The summed E-state index contributed by atoms with van der Waals surface area (Å²) < 4.78 is 5.60. The third kappa shape index (κ3) is 2.97. The van der Waals surface area contributed by atoms with E-state index >= 15 is 0 Å². The zero-order chi connectivity index (χ0) is 13.0. The third-order valence-electron chi connectivity index (χ3n) is 3.18. The van der Waals surface area contributed by atoms with Crippen LogP contribution in [0.3, 0.4) is 0 Å². The Bertz CT molecular complexity index is 397. The number of hydrogen-bond acceptors (Lipinski definition) is 5. The van der Waals surface area contributed by atoms with Crippen molar-refractivity contribution in [1.82, 2.24) is 9.97 Å². The number of aromatic nitrogens is 2. The van der Waals surface area contributed by atoms with E-state index in [1.165, 1.54) is 5.56 Å². The number of nitrogens with zero attached hydrogens (tertiary/aromatic N) is 3. The van der Waals surface area contributed by atoms with Gasteiger partial charge >= 0.3 is 0 Å². The normalized spacial score (nSPS) is 20.2. The molecule has 0 aliphatic carbocycles. The van der Waals surface area contributed by atoms with E-state index in [2.05, 4.69) is 21.8 Å². The fourth-order valence-electron chi connectivity index (χ4n) is 2.26. The Morgan fingerprint density at radius 3 is 3.11 bits per heavy atom. The minimum Gasteiger partial charge on any atom is -0.373 e. The van der Waals surface area contributed by atoms with Crippen LogP contribution in [0, 0.1) is 6.92 Å². The van der Waals surface area contributed by atoms with Crippen LogP contribution in [0.2, 0.25) is 0 Å². The van der Waals surface area contributed by atoms with Crippen molar-refractivity contribution in [2.45, 2.75) is 32.8 Å². The number of ether oxygens (including phenoxy) is 1. The first kappa shape index (κ1) is 13.2. The minimum atomic E-state index is 0.114. The second-order valence-electron chi connectivity index (χ2n) is 4.69. The molecule has 18 heavy (non-hydrogen) atoms. The van der Waals surface area contributed by atoms with Gasteiger partial charge in [0.05, 0.1) is 12.7 Å². The van der Waals surface area contributed by atoms with Crippen LogP contribution in [0.15, 0.2) is 6.20 Å². The summed E-state index contributed by atoms with van der Waals surface area (Å²) in [5.41, 5.74) is 6.91. The molecule has 1 aromatic rings. The van der Waals surface area contributed by atoms with Crippen LogP contribution >= 0.6 is 0 Å². The number of morpholine rings is 1. The van der Waals surface area contributed by atoms with Crippen LogP contribution in [-0.4, -0.2) is 42.3 Å². The molecule has 1 aliphatic rings. The molecule has 0 spiro atoms. The predicted molar refractivity (Wildman–Crippen MR) is 71.8 cm³/mol. The summed E-state index contributed by atoms with van der Waals surface area (Å²) in [7, 11) is 0. The summed E-state index contributed by atoms with van der Waals surface area (Å²) >= 11 is 0. The van der Waals surface area contributed by atoms with Crippen LogP contribution in [0.25, 0.3) is 0 Å². The smallest absolute Gasteiger partial charge is 0.135 e. The highest BCUT2D eigenvalue weighted by Crippen LogP contribution is 2.21. The average molecular weight is 250 g/mol. The summed E-state index contributed by atoms with van der Waals surface area (Å²) in [6, 6.07) is 0. The molecule has 0 aromatic carbocycles. The van der Waals surface area contributed by atoms with Crippen LogP contribution in [0.5, 0.6) is 0 Å². The monoisotopic (exact) mass is 250 g/mol. The van der Waals surface area contributed by atoms with Gasteiger partial charge in [0.15, 0.2) is 0 Å². The zero-order valence-electron chi connectivity index (χ0n) is 11.2. The molecule has 0 saturated carbocycles. The van der Waals surface area contributed by atoms with E-state index in [1.807, 2.05) is 13.1 Å². The van der Waals surface area contributed by atoms with Gasteiger partial charge < -0.3 is 15.4 Å². The molecule has 5 nitrogen and oxygen atoms in total. The van der Waals surface area contributed by atoms with E-state index in [4.69, 9.17) is 10.5 Å². The lowest BCUT2D eigenvalue weighted by atomic mass is 10.1. The van der Waals surface area contributed by atoms with Crippen molar-refractivity contribution in [2.24, 2.45) is 5.73 Å². The number of nitrogens with two attached hydrogens (primary N) is 1. The number of anilines is 1. The minimum absolute atomic E-state index is 0.114. The quantitative estimate of drug-likeness (QED) is 0.860. The number of hydrogen-bond donors (Lipinski definition) is 1. The standard InChI is InChI=1S/C13H22N4O/c1-3-4-11-8-15-10(2)16-13(11)17-5-6-18-12(7-14)9-17/h8,12H,3-7,9,14H2,1-2H3. The van der Waals surface area contributed by atoms with Gasteiger partial charge in [-0.15, -0.1) is 0 Å². The van der Waals surface area contributed by atoms with Gasteiger partial charge in [0.1, 0.15) is 11.6 Å². The second kappa shape index (κ2) is 6.11. The summed E-state index contributed by atoms with van der Waals surface area (Å²) in [6.45, 7) is 7.08. The molecule has 1 saturated heterocycles. The first-order valence-electron chi connectivity index (χ1n) is 6.63. The van der Waals surface area contributed by atoms with Crippen molar-refractivity contribution >= 4 is 5.82 Å². The second-order valence-corrected chi connectivity index (χ2v) is 4.69. The Morgan fingerprint density at radius 2 is 2.39 bits per heavy atom. The van der Waals surface area contributed by atoms with Crippen LogP contribution in [0.1, 0.15) is 24.7 Å². The van der Waals surface area contributed by atoms with Crippen molar-refractivity contribution in [3.8, 4) is 0 Å². The van der Waals surface area contributed by atoms with Crippen molar-refractivity contribution < 1.29 is 4.74 Å². The molecular weight excluding hydrogens is 228 g/mol. The molecule has 2 N–H and O–H groups in total. The molecule has 0 amide bonds. The first-order valence-corrected chi connectivity index (χ1v) is 6.63. The zero-order valence-corrected chi connectivity index (χ0v) is 11.2. The Morgan fingerprint density at radius 1 is 1.56 bits per heavy atom. The highest BCUT2D eigenvalue weighted by atomic mass is 16.5. The van der Waals surface area contributed by atoms with Gasteiger partial charge in [-0.3, -0.25) is 0 Å². The molecule has 1 fully saturated rings. The predicted octanol–water partition coefficient (Wildman–Crippen LogP) is 0.901. The SMILES string of the molecule is CCCc1cnc(C)nc1N1CCOC(CN)C1. The molecule has 5 heteroatoms. The van der Waals surface area contributed by atoms with Gasteiger partial charge in [-0.05, 0) is 13.3 Å². The maximum Gasteiger partial charge on any atom is 0.135 e. The van der Waals surface area contributed by atoms with Crippen molar-refractivity contribution in [3.05, 3.63) is 17.6 Å². The molecular formula is C13H22N4O. The number of aryl methyl sites for hydroxylation is 2. The lowest BCUT2D eigenvalue weighted by molar-refractivity contribution is 0.0462. The van der Waals surface area contributed by atoms with E-state index in [0.29, 0.717) is 6.54 Å². The van der Waals surface area contributed by atoms with Gasteiger partial charge in [0.25, 0.3) is 0 Å². The van der Waals surface area contributed by atoms with Gasteiger partial charge in [-0.2, -0.15) is 0 Å². The average Bonchev–Trinajstić information content (AvgIpc) is 2.41. The Kier molecular flexibility index (Phi) is 4.49. The first-order chi connectivity index (χ1) is 8.74. The Hall–Kier alpha value is -1.20.